The standard InChI is InChI=1S/C15H16O2.C2H3N3/c1-15(17,13-10-6-3-7-11-13)14(16)12-8-4-2-5-9-12;1-2-4-5-3-1/h2-11,14,16-17H,1H3;1-2H,(H,3,4,5). The number of aromatic amines is 1. The molecule has 5 nitrogen and oxygen atoms in total. The predicted octanol–water partition coefficient (Wildman–Crippen LogP) is 2.43. The second-order valence-electron chi connectivity index (χ2n) is 4.99. The van der Waals surface area contributed by atoms with Crippen molar-refractivity contribution in [3.8, 4) is 0 Å². The minimum atomic E-state index is -1.29. The minimum absolute atomic E-state index is 0.705. The number of nitrogens with one attached hydrogen (secondary N) is 1. The summed E-state index contributed by atoms with van der Waals surface area (Å²) in [6.07, 6.45) is 2.30. The van der Waals surface area contributed by atoms with Gasteiger partial charge < -0.3 is 10.2 Å². The zero-order chi connectivity index (χ0) is 15.8. The highest BCUT2D eigenvalue weighted by Crippen LogP contribution is 2.34. The smallest absolute Gasteiger partial charge is 0.117 e. The monoisotopic (exact) mass is 297 g/mol. The van der Waals surface area contributed by atoms with Gasteiger partial charge in [0.2, 0.25) is 0 Å². The largest absolute Gasteiger partial charge is 0.385 e. The van der Waals surface area contributed by atoms with Crippen molar-refractivity contribution < 1.29 is 10.2 Å². The van der Waals surface area contributed by atoms with Crippen LogP contribution in [-0.2, 0) is 5.60 Å². The van der Waals surface area contributed by atoms with E-state index in [1.807, 2.05) is 60.7 Å². The molecule has 2 atom stereocenters. The van der Waals surface area contributed by atoms with Gasteiger partial charge in [-0.1, -0.05) is 65.9 Å². The van der Waals surface area contributed by atoms with Crippen LogP contribution in [0.15, 0.2) is 73.1 Å². The maximum absolute atomic E-state index is 10.5. The van der Waals surface area contributed by atoms with E-state index in [1.54, 1.807) is 19.3 Å². The van der Waals surface area contributed by atoms with Crippen LogP contribution in [0.1, 0.15) is 24.2 Å². The maximum atomic E-state index is 10.5. The Kier molecular flexibility index (Phi) is 5.41. The van der Waals surface area contributed by atoms with Crippen LogP contribution >= 0.6 is 0 Å². The summed E-state index contributed by atoms with van der Waals surface area (Å²) < 4.78 is 0. The van der Waals surface area contributed by atoms with Crippen molar-refractivity contribution in [2.75, 3.05) is 0 Å². The third-order valence-electron chi connectivity index (χ3n) is 3.34. The van der Waals surface area contributed by atoms with Crippen molar-refractivity contribution in [1.29, 1.82) is 0 Å². The molecule has 3 N–H and O–H groups in total. The molecule has 0 saturated heterocycles. The van der Waals surface area contributed by atoms with E-state index < -0.39 is 11.7 Å². The van der Waals surface area contributed by atoms with Gasteiger partial charge in [-0.15, -0.1) is 5.10 Å². The number of benzene rings is 2. The van der Waals surface area contributed by atoms with Crippen LogP contribution in [0.2, 0.25) is 0 Å². The van der Waals surface area contributed by atoms with E-state index in [1.165, 1.54) is 0 Å². The van der Waals surface area contributed by atoms with Crippen molar-refractivity contribution in [1.82, 2.24) is 15.4 Å². The van der Waals surface area contributed by atoms with E-state index >= 15 is 0 Å². The lowest BCUT2D eigenvalue weighted by molar-refractivity contribution is -0.0690. The lowest BCUT2D eigenvalue weighted by Gasteiger charge is -2.29. The van der Waals surface area contributed by atoms with Crippen molar-refractivity contribution in [3.05, 3.63) is 84.2 Å². The molecule has 0 aliphatic rings. The van der Waals surface area contributed by atoms with Gasteiger partial charge in [0.15, 0.2) is 0 Å². The first kappa shape index (κ1) is 15.9. The van der Waals surface area contributed by atoms with Gasteiger partial charge >= 0.3 is 0 Å². The summed E-state index contributed by atoms with van der Waals surface area (Å²) in [6.45, 7) is 1.62. The summed E-state index contributed by atoms with van der Waals surface area (Å²) in [6, 6.07) is 18.4. The van der Waals surface area contributed by atoms with E-state index in [-0.39, 0.29) is 0 Å². The molecule has 0 aliphatic heterocycles. The van der Waals surface area contributed by atoms with Gasteiger partial charge in [-0.3, -0.25) is 5.10 Å². The average Bonchev–Trinajstić information content (AvgIpc) is 3.15. The number of aliphatic hydroxyl groups excluding tert-OH is 1. The lowest BCUT2D eigenvalue weighted by Crippen LogP contribution is -2.29. The van der Waals surface area contributed by atoms with Gasteiger partial charge in [0.25, 0.3) is 0 Å². The molecule has 2 aromatic carbocycles. The minimum Gasteiger partial charge on any atom is -0.385 e. The Morgan fingerprint density at radius 2 is 1.59 bits per heavy atom. The molecule has 1 heterocycles. The van der Waals surface area contributed by atoms with Crippen LogP contribution in [0, 0.1) is 0 Å². The zero-order valence-electron chi connectivity index (χ0n) is 12.3. The first-order valence-corrected chi connectivity index (χ1v) is 6.93. The Labute approximate surface area is 129 Å². The second-order valence-corrected chi connectivity index (χ2v) is 4.99. The molecule has 2 unspecified atom stereocenters. The number of hydrogen-bond donors (Lipinski definition) is 3. The van der Waals surface area contributed by atoms with E-state index in [9.17, 15) is 10.2 Å². The third-order valence-corrected chi connectivity index (χ3v) is 3.34. The number of aromatic nitrogens is 3. The molecule has 3 rings (SSSR count). The van der Waals surface area contributed by atoms with Crippen LogP contribution in [0.25, 0.3) is 0 Å². The molecule has 0 bridgehead atoms. The molecule has 1 aromatic heterocycles. The fourth-order valence-corrected chi connectivity index (χ4v) is 2.06. The van der Waals surface area contributed by atoms with Crippen molar-refractivity contribution >= 4 is 0 Å². The van der Waals surface area contributed by atoms with Crippen molar-refractivity contribution in [2.45, 2.75) is 18.6 Å². The van der Waals surface area contributed by atoms with E-state index in [4.69, 9.17) is 0 Å². The Morgan fingerprint density at radius 3 is 2.05 bits per heavy atom. The molecule has 114 valence electrons. The molecule has 0 fully saturated rings. The fourth-order valence-electron chi connectivity index (χ4n) is 2.06. The first-order valence-electron chi connectivity index (χ1n) is 6.93. The summed E-state index contributed by atoms with van der Waals surface area (Å²) in [7, 11) is 0. The van der Waals surface area contributed by atoms with Gasteiger partial charge in [-0.25, -0.2) is 0 Å². The number of rotatable bonds is 3. The SMILES string of the molecule is CC(O)(c1ccccc1)C(O)c1ccccc1.c1c[nH]nn1. The summed E-state index contributed by atoms with van der Waals surface area (Å²) >= 11 is 0. The normalized spacial score (nSPS) is 14.3. The Bertz CT molecular complexity index is 623. The summed E-state index contributed by atoms with van der Waals surface area (Å²) in [5.74, 6) is 0. The third kappa shape index (κ3) is 4.00. The molecular formula is C17H19N3O2. The van der Waals surface area contributed by atoms with Gasteiger partial charge in [-0.2, -0.15) is 0 Å². The summed E-state index contributed by atoms with van der Waals surface area (Å²) in [4.78, 5) is 0. The van der Waals surface area contributed by atoms with E-state index in [0.717, 1.165) is 0 Å². The van der Waals surface area contributed by atoms with Crippen molar-refractivity contribution in [2.24, 2.45) is 0 Å². The van der Waals surface area contributed by atoms with Gasteiger partial charge in [0, 0.05) is 6.20 Å². The molecule has 0 aliphatic carbocycles. The highest BCUT2D eigenvalue weighted by atomic mass is 16.3. The molecule has 0 saturated carbocycles. The Hall–Kier alpha value is -2.50. The van der Waals surface area contributed by atoms with Crippen LogP contribution in [0.4, 0.5) is 0 Å². The number of hydrogen-bond acceptors (Lipinski definition) is 4. The van der Waals surface area contributed by atoms with Crippen LogP contribution in [0.5, 0.6) is 0 Å². The number of H-pyrrole nitrogens is 1. The highest BCUT2D eigenvalue weighted by molar-refractivity contribution is 5.28. The Balaban J connectivity index is 0.000000299. The molecule has 0 amide bonds. The summed E-state index contributed by atoms with van der Waals surface area (Å²) in [5, 5.41) is 30.0. The molecule has 5 heteroatoms. The molecule has 0 spiro atoms. The highest BCUT2D eigenvalue weighted by Gasteiger charge is 2.33. The number of aliphatic hydroxyl groups is 2. The molecular weight excluding hydrogens is 278 g/mol. The molecule has 3 aromatic rings. The molecule has 0 radical (unpaired) electrons. The average molecular weight is 297 g/mol. The Morgan fingerprint density at radius 1 is 1.00 bits per heavy atom. The topological polar surface area (TPSA) is 82.0 Å². The van der Waals surface area contributed by atoms with Gasteiger partial charge in [0.1, 0.15) is 11.7 Å². The fraction of sp³-hybridized carbons (Fsp3) is 0.176. The van der Waals surface area contributed by atoms with Gasteiger partial charge in [-0.05, 0) is 18.1 Å². The van der Waals surface area contributed by atoms with E-state index in [2.05, 4.69) is 15.4 Å². The maximum Gasteiger partial charge on any atom is 0.117 e. The lowest BCUT2D eigenvalue weighted by atomic mass is 9.86. The van der Waals surface area contributed by atoms with Crippen molar-refractivity contribution in [3.63, 3.8) is 0 Å². The van der Waals surface area contributed by atoms with E-state index in [0.29, 0.717) is 11.1 Å². The van der Waals surface area contributed by atoms with Crippen LogP contribution in [-0.4, -0.2) is 25.6 Å². The van der Waals surface area contributed by atoms with Crippen LogP contribution < -0.4 is 0 Å². The number of nitrogens with zero attached hydrogens (tertiary/aromatic N) is 2. The quantitative estimate of drug-likeness (QED) is 0.693. The predicted molar refractivity (Wildman–Crippen MR) is 83.8 cm³/mol. The first-order chi connectivity index (χ1) is 10.6. The molecule has 22 heavy (non-hydrogen) atoms. The van der Waals surface area contributed by atoms with Gasteiger partial charge in [0.05, 0.1) is 6.20 Å². The van der Waals surface area contributed by atoms with Crippen LogP contribution in [0.3, 0.4) is 0 Å². The second kappa shape index (κ2) is 7.49. The zero-order valence-corrected chi connectivity index (χ0v) is 12.3. The summed E-state index contributed by atoms with van der Waals surface area (Å²) in [5.41, 5.74) is 0.125.